The molecule has 1 amide bonds. The number of methoxy groups -OCH3 is 1. The number of para-hydroxylation sites is 2. The van der Waals surface area contributed by atoms with E-state index >= 15 is 0 Å². The van der Waals surface area contributed by atoms with Gasteiger partial charge >= 0.3 is 0 Å². The van der Waals surface area contributed by atoms with E-state index < -0.39 is 0 Å². The molecule has 7 nitrogen and oxygen atoms in total. The van der Waals surface area contributed by atoms with Crippen LogP contribution in [0.5, 0.6) is 11.5 Å². The van der Waals surface area contributed by atoms with E-state index in [0.717, 1.165) is 44.5 Å². The fourth-order valence-corrected chi connectivity index (χ4v) is 3.53. The standard InChI is InChI=1S/C20H25N3O4/c1-25-16-6-2-3-7-17(16)26-13-19(24)23-10-4-5-14(12-23)11-18-21-20(22-27-18)15-8-9-15/h2-3,6-7,14-15H,4-5,8-13H2,1H3. The van der Waals surface area contributed by atoms with Crippen LogP contribution < -0.4 is 9.47 Å². The molecule has 1 aliphatic carbocycles. The highest BCUT2D eigenvalue weighted by Crippen LogP contribution is 2.38. The van der Waals surface area contributed by atoms with E-state index in [4.69, 9.17) is 14.0 Å². The predicted molar refractivity (Wildman–Crippen MR) is 97.8 cm³/mol. The van der Waals surface area contributed by atoms with Crippen molar-refractivity contribution in [2.75, 3.05) is 26.8 Å². The highest BCUT2D eigenvalue weighted by Gasteiger charge is 2.30. The summed E-state index contributed by atoms with van der Waals surface area (Å²) in [4.78, 5) is 19.0. The van der Waals surface area contributed by atoms with Gasteiger partial charge in [0, 0.05) is 25.4 Å². The first kappa shape index (κ1) is 17.8. The topological polar surface area (TPSA) is 77.7 Å². The minimum atomic E-state index is -0.00481. The molecular weight excluding hydrogens is 346 g/mol. The van der Waals surface area contributed by atoms with E-state index in [1.54, 1.807) is 13.2 Å². The third-order valence-corrected chi connectivity index (χ3v) is 5.18. The molecule has 1 saturated carbocycles. The average molecular weight is 371 g/mol. The van der Waals surface area contributed by atoms with Crippen molar-refractivity contribution in [3.05, 3.63) is 36.0 Å². The highest BCUT2D eigenvalue weighted by molar-refractivity contribution is 5.78. The first-order chi connectivity index (χ1) is 13.2. The number of rotatable bonds is 7. The Labute approximate surface area is 158 Å². The number of ether oxygens (including phenoxy) is 2. The number of carbonyl (C=O) groups excluding carboxylic acids is 1. The maximum Gasteiger partial charge on any atom is 0.260 e. The SMILES string of the molecule is COc1ccccc1OCC(=O)N1CCCC(Cc2nc(C3CC3)no2)C1. The average Bonchev–Trinajstić information content (AvgIpc) is 3.46. The van der Waals surface area contributed by atoms with E-state index in [-0.39, 0.29) is 12.5 Å². The lowest BCUT2D eigenvalue weighted by Crippen LogP contribution is -2.42. The van der Waals surface area contributed by atoms with Crippen molar-refractivity contribution in [2.45, 2.75) is 38.0 Å². The molecule has 2 aromatic rings. The normalized spacial score (nSPS) is 19.7. The zero-order chi connectivity index (χ0) is 18.6. The Balaban J connectivity index is 1.29. The van der Waals surface area contributed by atoms with Crippen LogP contribution in [0.25, 0.3) is 0 Å². The van der Waals surface area contributed by atoms with E-state index in [1.165, 1.54) is 0 Å². The second kappa shape index (κ2) is 7.98. The van der Waals surface area contributed by atoms with E-state index in [1.807, 2.05) is 23.1 Å². The van der Waals surface area contributed by atoms with Gasteiger partial charge in [-0.2, -0.15) is 4.98 Å². The maximum absolute atomic E-state index is 12.6. The van der Waals surface area contributed by atoms with Crippen molar-refractivity contribution < 1.29 is 18.8 Å². The molecule has 1 aromatic heterocycles. The smallest absolute Gasteiger partial charge is 0.260 e. The second-order valence-electron chi connectivity index (χ2n) is 7.31. The van der Waals surface area contributed by atoms with Crippen LogP contribution in [-0.4, -0.2) is 47.8 Å². The van der Waals surface area contributed by atoms with Crippen LogP contribution in [0.2, 0.25) is 0 Å². The Morgan fingerprint density at radius 2 is 2.07 bits per heavy atom. The van der Waals surface area contributed by atoms with Crippen LogP contribution in [-0.2, 0) is 11.2 Å². The first-order valence-corrected chi connectivity index (χ1v) is 9.59. The van der Waals surface area contributed by atoms with E-state index in [0.29, 0.717) is 35.8 Å². The Morgan fingerprint density at radius 3 is 2.85 bits per heavy atom. The highest BCUT2D eigenvalue weighted by atomic mass is 16.5. The van der Waals surface area contributed by atoms with Gasteiger partial charge in [0.1, 0.15) is 0 Å². The van der Waals surface area contributed by atoms with Gasteiger partial charge in [-0.25, -0.2) is 0 Å². The zero-order valence-electron chi connectivity index (χ0n) is 15.6. The number of hydrogen-bond acceptors (Lipinski definition) is 6. The molecule has 0 radical (unpaired) electrons. The van der Waals surface area contributed by atoms with Crippen molar-refractivity contribution in [2.24, 2.45) is 5.92 Å². The summed E-state index contributed by atoms with van der Waals surface area (Å²) in [5, 5.41) is 4.08. The van der Waals surface area contributed by atoms with Gasteiger partial charge in [0.05, 0.1) is 7.11 Å². The summed E-state index contributed by atoms with van der Waals surface area (Å²) in [5.41, 5.74) is 0. The molecule has 144 valence electrons. The fraction of sp³-hybridized carbons (Fsp3) is 0.550. The van der Waals surface area contributed by atoms with Crippen LogP contribution in [0.15, 0.2) is 28.8 Å². The summed E-state index contributed by atoms with van der Waals surface area (Å²) in [5.74, 6) is 3.60. The molecule has 0 bridgehead atoms. The Hall–Kier alpha value is -2.57. The van der Waals surface area contributed by atoms with Crippen LogP contribution >= 0.6 is 0 Å². The molecule has 1 aliphatic heterocycles. The molecule has 2 fully saturated rings. The molecule has 7 heteroatoms. The lowest BCUT2D eigenvalue weighted by atomic mass is 9.95. The second-order valence-corrected chi connectivity index (χ2v) is 7.31. The minimum absolute atomic E-state index is 0.00481. The molecule has 2 aliphatic rings. The lowest BCUT2D eigenvalue weighted by molar-refractivity contribution is -0.135. The molecule has 27 heavy (non-hydrogen) atoms. The number of benzene rings is 1. The Kier molecular flexibility index (Phi) is 5.27. The van der Waals surface area contributed by atoms with Gasteiger partial charge < -0.3 is 18.9 Å². The maximum atomic E-state index is 12.6. The van der Waals surface area contributed by atoms with Crippen molar-refractivity contribution in [3.63, 3.8) is 0 Å². The van der Waals surface area contributed by atoms with Gasteiger partial charge in [-0.1, -0.05) is 17.3 Å². The summed E-state index contributed by atoms with van der Waals surface area (Å²) in [6.45, 7) is 1.48. The molecule has 0 spiro atoms. The Morgan fingerprint density at radius 1 is 1.26 bits per heavy atom. The number of likely N-dealkylation sites (tertiary alicyclic amines) is 1. The Bertz CT molecular complexity index is 787. The monoisotopic (exact) mass is 371 g/mol. The lowest BCUT2D eigenvalue weighted by Gasteiger charge is -2.32. The van der Waals surface area contributed by atoms with Gasteiger partial charge in [-0.15, -0.1) is 0 Å². The summed E-state index contributed by atoms with van der Waals surface area (Å²) in [7, 11) is 1.59. The van der Waals surface area contributed by atoms with Crippen LogP contribution in [0.4, 0.5) is 0 Å². The van der Waals surface area contributed by atoms with Crippen molar-refractivity contribution in [3.8, 4) is 11.5 Å². The fourth-order valence-electron chi connectivity index (χ4n) is 3.53. The first-order valence-electron chi connectivity index (χ1n) is 9.59. The molecule has 1 saturated heterocycles. The molecule has 1 atom stereocenters. The van der Waals surface area contributed by atoms with E-state index in [2.05, 4.69) is 10.1 Å². The number of nitrogens with zero attached hydrogens (tertiary/aromatic N) is 3. The minimum Gasteiger partial charge on any atom is -0.493 e. The van der Waals surface area contributed by atoms with Crippen LogP contribution in [0, 0.1) is 5.92 Å². The molecule has 2 heterocycles. The molecule has 0 N–H and O–H groups in total. The molecule has 4 rings (SSSR count). The van der Waals surface area contributed by atoms with Crippen molar-refractivity contribution in [1.82, 2.24) is 15.0 Å². The third-order valence-electron chi connectivity index (χ3n) is 5.18. The van der Waals surface area contributed by atoms with Gasteiger partial charge in [0.15, 0.2) is 23.9 Å². The predicted octanol–water partition coefficient (Wildman–Crippen LogP) is 2.82. The largest absolute Gasteiger partial charge is 0.493 e. The van der Waals surface area contributed by atoms with Crippen LogP contribution in [0.1, 0.15) is 43.3 Å². The van der Waals surface area contributed by atoms with E-state index in [9.17, 15) is 4.79 Å². The summed E-state index contributed by atoms with van der Waals surface area (Å²) >= 11 is 0. The number of amides is 1. The third kappa shape index (κ3) is 4.40. The number of carbonyl (C=O) groups is 1. The van der Waals surface area contributed by atoms with Gasteiger partial charge in [-0.05, 0) is 43.7 Å². The van der Waals surface area contributed by atoms with Gasteiger partial charge in [0.25, 0.3) is 5.91 Å². The number of aromatic nitrogens is 2. The number of hydrogen-bond donors (Lipinski definition) is 0. The van der Waals surface area contributed by atoms with Crippen molar-refractivity contribution >= 4 is 5.91 Å². The quantitative estimate of drug-likeness (QED) is 0.745. The summed E-state index contributed by atoms with van der Waals surface area (Å²) in [6.07, 6.45) is 5.11. The van der Waals surface area contributed by atoms with Gasteiger partial charge in [0.2, 0.25) is 5.89 Å². The van der Waals surface area contributed by atoms with Gasteiger partial charge in [-0.3, -0.25) is 4.79 Å². The van der Waals surface area contributed by atoms with Crippen molar-refractivity contribution in [1.29, 1.82) is 0 Å². The van der Waals surface area contributed by atoms with Crippen LogP contribution in [0.3, 0.4) is 0 Å². The molecular formula is C20H25N3O4. The number of piperidine rings is 1. The summed E-state index contributed by atoms with van der Waals surface area (Å²) < 4.78 is 16.3. The zero-order valence-corrected chi connectivity index (χ0v) is 15.6. The molecule has 1 aromatic carbocycles. The molecule has 1 unspecified atom stereocenters. The summed E-state index contributed by atoms with van der Waals surface area (Å²) in [6, 6.07) is 7.35.